The van der Waals surface area contributed by atoms with Crippen molar-refractivity contribution in [2.45, 2.75) is 19.9 Å². The van der Waals surface area contributed by atoms with Gasteiger partial charge in [-0.15, -0.1) is 0 Å². The Morgan fingerprint density at radius 3 is 2.43 bits per heavy atom. The smallest absolute Gasteiger partial charge is 0.134 e. The number of halogens is 1. The second kappa shape index (κ2) is 5.34. The van der Waals surface area contributed by atoms with Gasteiger partial charge in [-0.3, -0.25) is 0 Å². The zero-order chi connectivity index (χ0) is 15.0. The fraction of sp³-hybridized carbons (Fsp3) is 0.222. The molecule has 0 spiro atoms. The van der Waals surface area contributed by atoms with Gasteiger partial charge in [-0.25, -0.2) is 4.39 Å². The van der Waals surface area contributed by atoms with E-state index in [1.54, 1.807) is 6.07 Å². The Hall–Kier alpha value is -2.13. The van der Waals surface area contributed by atoms with E-state index < -0.39 is 0 Å². The van der Waals surface area contributed by atoms with Crippen LogP contribution >= 0.6 is 0 Å². The van der Waals surface area contributed by atoms with E-state index in [2.05, 4.69) is 37.4 Å². The van der Waals surface area contributed by atoms with Crippen LogP contribution in [0.2, 0.25) is 0 Å². The predicted molar refractivity (Wildman–Crippen MR) is 83.0 cm³/mol. The summed E-state index contributed by atoms with van der Waals surface area (Å²) in [7, 11) is 1.91. The highest BCUT2D eigenvalue weighted by atomic mass is 19.1. The lowest BCUT2D eigenvalue weighted by Gasteiger charge is -2.19. The maximum Gasteiger partial charge on any atom is 0.134 e. The van der Waals surface area contributed by atoms with E-state index in [0.717, 1.165) is 11.1 Å². The summed E-state index contributed by atoms with van der Waals surface area (Å²) in [6.07, 6.45) is 0. The Kier molecular flexibility index (Phi) is 3.52. The Balaban J connectivity index is 2.14. The van der Waals surface area contributed by atoms with E-state index >= 15 is 0 Å². The number of aryl methyl sites for hydroxylation is 2. The van der Waals surface area contributed by atoms with Gasteiger partial charge in [-0.05, 0) is 61.9 Å². The molecule has 0 radical (unpaired) electrons. The Morgan fingerprint density at radius 1 is 1.05 bits per heavy atom. The van der Waals surface area contributed by atoms with Crippen LogP contribution in [-0.4, -0.2) is 7.05 Å². The lowest BCUT2D eigenvalue weighted by atomic mass is 9.94. The van der Waals surface area contributed by atoms with Crippen molar-refractivity contribution in [3.8, 4) is 0 Å². The summed E-state index contributed by atoms with van der Waals surface area (Å²) in [6.45, 7) is 4.18. The lowest BCUT2D eigenvalue weighted by Crippen LogP contribution is -2.19. The van der Waals surface area contributed by atoms with Gasteiger partial charge in [0, 0.05) is 5.39 Å². The maximum atomic E-state index is 13.3. The van der Waals surface area contributed by atoms with Crippen LogP contribution in [0.1, 0.15) is 28.5 Å². The second-order valence-corrected chi connectivity index (χ2v) is 5.36. The van der Waals surface area contributed by atoms with Crippen molar-refractivity contribution < 1.29 is 8.81 Å². The molecule has 2 aromatic carbocycles. The molecule has 1 atom stereocenters. The van der Waals surface area contributed by atoms with Gasteiger partial charge >= 0.3 is 0 Å². The van der Waals surface area contributed by atoms with Crippen LogP contribution in [0, 0.1) is 19.7 Å². The highest BCUT2D eigenvalue weighted by Crippen LogP contribution is 2.31. The molecule has 3 rings (SSSR count). The number of fused-ring (bicyclic) bond motifs is 1. The fourth-order valence-corrected chi connectivity index (χ4v) is 2.89. The van der Waals surface area contributed by atoms with Crippen molar-refractivity contribution >= 4 is 11.0 Å². The van der Waals surface area contributed by atoms with E-state index in [0.29, 0.717) is 5.58 Å². The fourth-order valence-electron chi connectivity index (χ4n) is 2.89. The molecule has 2 nitrogen and oxygen atoms in total. The molecule has 3 heteroatoms. The summed E-state index contributed by atoms with van der Waals surface area (Å²) >= 11 is 0. The van der Waals surface area contributed by atoms with Crippen molar-refractivity contribution in [3.05, 3.63) is 70.7 Å². The molecule has 1 unspecified atom stereocenters. The standard InChI is InChI=1S/C18H18FNO/c1-11-5-4-6-12(2)17(11)18(20-3)16-10-13-9-14(19)7-8-15(13)21-16/h4-10,18,20H,1-3H3. The van der Waals surface area contributed by atoms with Crippen LogP contribution in [0.5, 0.6) is 0 Å². The molecule has 1 heterocycles. The van der Waals surface area contributed by atoms with Gasteiger partial charge in [-0.1, -0.05) is 18.2 Å². The average molecular weight is 283 g/mol. The van der Waals surface area contributed by atoms with Crippen molar-refractivity contribution in [1.82, 2.24) is 5.32 Å². The molecule has 0 bridgehead atoms. The normalized spacial score (nSPS) is 12.8. The number of rotatable bonds is 3. The van der Waals surface area contributed by atoms with E-state index in [1.165, 1.54) is 28.8 Å². The molecule has 3 aromatic rings. The van der Waals surface area contributed by atoms with E-state index in [9.17, 15) is 4.39 Å². The highest BCUT2D eigenvalue weighted by Gasteiger charge is 2.20. The van der Waals surface area contributed by atoms with E-state index in [-0.39, 0.29) is 11.9 Å². The van der Waals surface area contributed by atoms with Crippen molar-refractivity contribution in [2.24, 2.45) is 0 Å². The molecule has 0 aliphatic heterocycles. The summed E-state index contributed by atoms with van der Waals surface area (Å²) in [5, 5.41) is 4.09. The monoisotopic (exact) mass is 283 g/mol. The number of benzene rings is 2. The molecule has 0 aliphatic carbocycles. The maximum absolute atomic E-state index is 13.3. The molecular formula is C18H18FNO. The molecule has 0 saturated heterocycles. The quantitative estimate of drug-likeness (QED) is 0.765. The summed E-state index contributed by atoms with van der Waals surface area (Å²) in [6, 6.07) is 12.7. The molecule has 0 saturated carbocycles. The minimum absolute atomic E-state index is 0.0401. The second-order valence-electron chi connectivity index (χ2n) is 5.36. The van der Waals surface area contributed by atoms with Crippen molar-refractivity contribution in [2.75, 3.05) is 7.05 Å². The summed E-state index contributed by atoms with van der Waals surface area (Å²) < 4.78 is 19.2. The molecule has 0 amide bonds. The third-order valence-electron chi connectivity index (χ3n) is 3.90. The molecule has 108 valence electrons. The van der Waals surface area contributed by atoms with E-state index in [4.69, 9.17) is 4.42 Å². The van der Waals surface area contributed by atoms with Crippen LogP contribution in [0.4, 0.5) is 4.39 Å². The zero-order valence-corrected chi connectivity index (χ0v) is 12.4. The minimum atomic E-state index is -0.247. The Labute approximate surface area is 123 Å². The van der Waals surface area contributed by atoms with Crippen molar-refractivity contribution in [3.63, 3.8) is 0 Å². The molecule has 1 N–H and O–H groups in total. The van der Waals surface area contributed by atoms with Gasteiger partial charge < -0.3 is 9.73 Å². The third-order valence-corrected chi connectivity index (χ3v) is 3.90. The van der Waals surface area contributed by atoms with Gasteiger partial charge in [0.25, 0.3) is 0 Å². The molecular weight excluding hydrogens is 265 g/mol. The molecule has 1 aromatic heterocycles. The van der Waals surface area contributed by atoms with Gasteiger partial charge in [0.15, 0.2) is 0 Å². The van der Waals surface area contributed by atoms with Gasteiger partial charge in [-0.2, -0.15) is 0 Å². The SMILES string of the molecule is CNC(c1cc2cc(F)ccc2o1)c1c(C)cccc1C. The third kappa shape index (κ3) is 2.45. The van der Waals surface area contributed by atoms with Gasteiger partial charge in [0.1, 0.15) is 17.2 Å². The first-order valence-electron chi connectivity index (χ1n) is 7.02. The summed E-state index contributed by atoms with van der Waals surface area (Å²) in [5.74, 6) is 0.554. The Morgan fingerprint density at radius 2 is 1.76 bits per heavy atom. The zero-order valence-electron chi connectivity index (χ0n) is 12.4. The van der Waals surface area contributed by atoms with Gasteiger partial charge in [0.05, 0.1) is 6.04 Å². The van der Waals surface area contributed by atoms with Crippen LogP contribution in [0.25, 0.3) is 11.0 Å². The molecule has 0 aliphatic rings. The van der Waals surface area contributed by atoms with Gasteiger partial charge in [0.2, 0.25) is 0 Å². The number of hydrogen-bond acceptors (Lipinski definition) is 2. The number of nitrogens with one attached hydrogen (secondary N) is 1. The van der Waals surface area contributed by atoms with Crippen LogP contribution in [-0.2, 0) is 0 Å². The van der Waals surface area contributed by atoms with Crippen molar-refractivity contribution in [1.29, 1.82) is 0 Å². The topological polar surface area (TPSA) is 25.2 Å². The predicted octanol–water partition coefficient (Wildman–Crippen LogP) is 4.50. The average Bonchev–Trinajstić information content (AvgIpc) is 2.85. The first-order valence-corrected chi connectivity index (χ1v) is 7.02. The molecule has 0 fully saturated rings. The minimum Gasteiger partial charge on any atom is -0.459 e. The molecule has 21 heavy (non-hydrogen) atoms. The lowest BCUT2D eigenvalue weighted by molar-refractivity contribution is 0.489. The number of hydrogen-bond donors (Lipinski definition) is 1. The van der Waals surface area contributed by atoms with Crippen LogP contribution in [0.15, 0.2) is 46.9 Å². The van der Waals surface area contributed by atoms with Crippen LogP contribution in [0.3, 0.4) is 0 Å². The van der Waals surface area contributed by atoms with E-state index in [1.807, 2.05) is 13.1 Å². The number of furan rings is 1. The summed E-state index contributed by atoms with van der Waals surface area (Å²) in [5.41, 5.74) is 4.33. The summed E-state index contributed by atoms with van der Waals surface area (Å²) in [4.78, 5) is 0. The van der Waals surface area contributed by atoms with Crippen LogP contribution < -0.4 is 5.32 Å². The first kappa shape index (κ1) is 13.8. The Bertz CT molecular complexity index is 771. The largest absolute Gasteiger partial charge is 0.459 e. The first-order chi connectivity index (χ1) is 10.1. The highest BCUT2D eigenvalue weighted by molar-refractivity contribution is 5.78.